The summed E-state index contributed by atoms with van der Waals surface area (Å²) in [5.74, 6) is 0.635. The number of esters is 1. The fraction of sp³-hybridized carbons (Fsp3) is 0.974. The van der Waals surface area contributed by atoms with Gasteiger partial charge in [0, 0.05) is 6.42 Å². The first-order valence-electron chi connectivity index (χ1n) is 19.4. The molecule has 0 aliphatic carbocycles. The van der Waals surface area contributed by atoms with Crippen molar-refractivity contribution in [1.29, 1.82) is 0 Å². The Balaban J connectivity index is 3.96. The van der Waals surface area contributed by atoms with Gasteiger partial charge < -0.3 is 4.74 Å². The van der Waals surface area contributed by atoms with Crippen molar-refractivity contribution in [3.8, 4) is 0 Å². The molecule has 2 heteroatoms. The third-order valence-electron chi connectivity index (χ3n) is 9.15. The number of ether oxygens (including phenoxy) is 1. The molecule has 0 bridgehead atoms. The standard InChI is InChI=1S/C39H78O2/c1-4-7-10-13-16-19-21-22-24-27-30-33-36-39(40)41-37-38(34-31-28-25-18-15-12-9-6-3)35-32-29-26-23-20-17-14-11-8-5-2/h38H,4-37H2,1-3H3. The highest BCUT2D eigenvalue weighted by Gasteiger charge is 2.12. The molecule has 0 aliphatic heterocycles. The summed E-state index contributed by atoms with van der Waals surface area (Å²) in [6.07, 6.45) is 44.0. The van der Waals surface area contributed by atoms with Crippen molar-refractivity contribution in [1.82, 2.24) is 0 Å². The van der Waals surface area contributed by atoms with Crippen LogP contribution in [-0.4, -0.2) is 12.6 Å². The molecule has 0 N–H and O–H groups in total. The highest BCUT2D eigenvalue weighted by molar-refractivity contribution is 5.69. The van der Waals surface area contributed by atoms with Crippen molar-refractivity contribution >= 4 is 5.97 Å². The van der Waals surface area contributed by atoms with E-state index in [-0.39, 0.29) is 5.97 Å². The van der Waals surface area contributed by atoms with E-state index in [0.717, 1.165) is 6.42 Å². The van der Waals surface area contributed by atoms with E-state index in [4.69, 9.17) is 4.74 Å². The molecule has 0 aromatic rings. The van der Waals surface area contributed by atoms with Crippen LogP contribution in [0.25, 0.3) is 0 Å². The summed E-state index contributed by atoms with van der Waals surface area (Å²) in [5, 5.41) is 0. The number of hydrogen-bond acceptors (Lipinski definition) is 2. The third kappa shape index (κ3) is 33.8. The number of carbonyl (C=O) groups is 1. The molecule has 1 unspecified atom stereocenters. The Morgan fingerprint density at radius 1 is 0.390 bits per heavy atom. The zero-order valence-corrected chi connectivity index (χ0v) is 28.9. The quantitative estimate of drug-likeness (QED) is 0.0552. The fourth-order valence-corrected chi connectivity index (χ4v) is 6.19. The fourth-order valence-electron chi connectivity index (χ4n) is 6.19. The maximum absolute atomic E-state index is 12.5. The SMILES string of the molecule is CCCCCCCCCCCCCCC(=O)OCC(CCCCCCCCCC)CCCCCCCCCCCC. The van der Waals surface area contributed by atoms with E-state index in [1.54, 1.807) is 0 Å². The smallest absolute Gasteiger partial charge is 0.305 e. The molecule has 0 spiro atoms. The minimum absolute atomic E-state index is 0.0566. The topological polar surface area (TPSA) is 26.3 Å². The van der Waals surface area contributed by atoms with Gasteiger partial charge in [-0.2, -0.15) is 0 Å². The van der Waals surface area contributed by atoms with Gasteiger partial charge in [0.1, 0.15) is 0 Å². The van der Waals surface area contributed by atoms with Crippen LogP contribution in [0.2, 0.25) is 0 Å². The molecule has 0 amide bonds. The molecule has 1 atom stereocenters. The van der Waals surface area contributed by atoms with E-state index in [1.807, 2.05) is 0 Å². The number of unbranched alkanes of at least 4 members (excludes halogenated alkanes) is 27. The van der Waals surface area contributed by atoms with Gasteiger partial charge in [0.05, 0.1) is 6.61 Å². The van der Waals surface area contributed by atoms with Crippen LogP contribution in [0.5, 0.6) is 0 Å². The van der Waals surface area contributed by atoms with Crippen LogP contribution in [0, 0.1) is 5.92 Å². The van der Waals surface area contributed by atoms with E-state index in [1.165, 1.54) is 199 Å². The van der Waals surface area contributed by atoms with Crippen LogP contribution in [0.4, 0.5) is 0 Å². The molecule has 0 fully saturated rings. The molecule has 0 rings (SSSR count). The molecule has 0 aromatic heterocycles. The maximum atomic E-state index is 12.5. The molecule has 0 aromatic carbocycles. The number of carbonyl (C=O) groups excluding carboxylic acids is 1. The molecule has 0 heterocycles. The normalized spacial score (nSPS) is 12.2. The zero-order valence-electron chi connectivity index (χ0n) is 28.9. The van der Waals surface area contributed by atoms with E-state index in [0.29, 0.717) is 18.9 Å². The highest BCUT2D eigenvalue weighted by Crippen LogP contribution is 2.21. The van der Waals surface area contributed by atoms with Crippen LogP contribution in [0.15, 0.2) is 0 Å². The van der Waals surface area contributed by atoms with Crippen LogP contribution in [0.3, 0.4) is 0 Å². The predicted molar refractivity (Wildman–Crippen MR) is 184 cm³/mol. The minimum Gasteiger partial charge on any atom is -0.465 e. The zero-order chi connectivity index (χ0) is 29.9. The molecule has 0 saturated carbocycles. The molecule has 0 aliphatic rings. The van der Waals surface area contributed by atoms with Crippen LogP contribution in [0.1, 0.15) is 233 Å². The minimum atomic E-state index is 0.0566. The van der Waals surface area contributed by atoms with Gasteiger partial charge in [0.15, 0.2) is 0 Å². The Morgan fingerprint density at radius 3 is 0.976 bits per heavy atom. The van der Waals surface area contributed by atoms with Crippen LogP contribution >= 0.6 is 0 Å². The Labute approximate surface area is 260 Å². The van der Waals surface area contributed by atoms with Gasteiger partial charge in [-0.25, -0.2) is 0 Å². The van der Waals surface area contributed by atoms with E-state index in [2.05, 4.69) is 20.8 Å². The van der Waals surface area contributed by atoms with Crippen molar-refractivity contribution in [3.05, 3.63) is 0 Å². The third-order valence-corrected chi connectivity index (χ3v) is 9.15. The van der Waals surface area contributed by atoms with Gasteiger partial charge in [-0.15, -0.1) is 0 Å². The summed E-state index contributed by atoms with van der Waals surface area (Å²) < 4.78 is 5.83. The van der Waals surface area contributed by atoms with Crippen molar-refractivity contribution in [2.24, 2.45) is 5.92 Å². The maximum Gasteiger partial charge on any atom is 0.305 e. The molecular formula is C39H78O2. The van der Waals surface area contributed by atoms with E-state index < -0.39 is 0 Å². The summed E-state index contributed by atoms with van der Waals surface area (Å²) >= 11 is 0. The molecule has 0 saturated heterocycles. The van der Waals surface area contributed by atoms with Crippen molar-refractivity contribution in [2.75, 3.05) is 6.61 Å². The monoisotopic (exact) mass is 579 g/mol. The van der Waals surface area contributed by atoms with E-state index in [9.17, 15) is 4.79 Å². The van der Waals surface area contributed by atoms with Crippen molar-refractivity contribution in [2.45, 2.75) is 233 Å². The van der Waals surface area contributed by atoms with Gasteiger partial charge in [0.25, 0.3) is 0 Å². The van der Waals surface area contributed by atoms with Gasteiger partial charge in [-0.1, -0.05) is 207 Å². The molecule has 0 radical (unpaired) electrons. The summed E-state index contributed by atoms with van der Waals surface area (Å²) in [4.78, 5) is 12.5. The van der Waals surface area contributed by atoms with Crippen LogP contribution in [-0.2, 0) is 9.53 Å². The Bertz CT molecular complexity index is 488. The first-order valence-corrected chi connectivity index (χ1v) is 19.4. The lowest BCUT2D eigenvalue weighted by molar-refractivity contribution is -0.145. The van der Waals surface area contributed by atoms with Crippen LogP contribution < -0.4 is 0 Å². The number of hydrogen-bond donors (Lipinski definition) is 0. The average Bonchev–Trinajstić information content (AvgIpc) is 2.98. The lowest BCUT2D eigenvalue weighted by Crippen LogP contribution is -2.14. The van der Waals surface area contributed by atoms with Gasteiger partial charge in [-0.3, -0.25) is 4.79 Å². The molecular weight excluding hydrogens is 500 g/mol. The summed E-state index contributed by atoms with van der Waals surface area (Å²) in [5.41, 5.74) is 0. The molecule has 246 valence electrons. The Morgan fingerprint density at radius 2 is 0.659 bits per heavy atom. The second kappa shape index (κ2) is 35.7. The van der Waals surface area contributed by atoms with Gasteiger partial charge >= 0.3 is 5.97 Å². The average molecular weight is 579 g/mol. The summed E-state index contributed by atoms with van der Waals surface area (Å²) in [6, 6.07) is 0. The van der Waals surface area contributed by atoms with Gasteiger partial charge in [0.2, 0.25) is 0 Å². The number of rotatable bonds is 35. The molecule has 41 heavy (non-hydrogen) atoms. The highest BCUT2D eigenvalue weighted by atomic mass is 16.5. The Kier molecular flexibility index (Phi) is 35.2. The first kappa shape index (κ1) is 40.5. The Hall–Kier alpha value is -0.530. The lowest BCUT2D eigenvalue weighted by atomic mass is 9.94. The van der Waals surface area contributed by atoms with Crippen molar-refractivity contribution in [3.63, 3.8) is 0 Å². The summed E-state index contributed by atoms with van der Waals surface area (Å²) in [6.45, 7) is 7.54. The summed E-state index contributed by atoms with van der Waals surface area (Å²) in [7, 11) is 0. The van der Waals surface area contributed by atoms with E-state index >= 15 is 0 Å². The lowest BCUT2D eigenvalue weighted by Gasteiger charge is -2.17. The predicted octanol–water partition coefficient (Wildman–Crippen LogP) is 14.1. The first-order chi connectivity index (χ1) is 20.2. The van der Waals surface area contributed by atoms with Gasteiger partial charge in [-0.05, 0) is 25.2 Å². The second-order valence-electron chi connectivity index (χ2n) is 13.4. The molecule has 2 nitrogen and oxygen atoms in total. The second-order valence-corrected chi connectivity index (χ2v) is 13.4. The largest absolute Gasteiger partial charge is 0.465 e. The van der Waals surface area contributed by atoms with Crippen molar-refractivity contribution < 1.29 is 9.53 Å².